The summed E-state index contributed by atoms with van der Waals surface area (Å²) in [5.41, 5.74) is 1.11. The van der Waals surface area contributed by atoms with E-state index in [0.717, 1.165) is 17.7 Å². The van der Waals surface area contributed by atoms with Crippen molar-refractivity contribution in [1.82, 2.24) is 4.98 Å². The van der Waals surface area contributed by atoms with E-state index in [9.17, 15) is 5.26 Å². The lowest BCUT2D eigenvalue weighted by Gasteiger charge is -2.47. The van der Waals surface area contributed by atoms with E-state index in [1.54, 1.807) is 7.11 Å². The van der Waals surface area contributed by atoms with Crippen LogP contribution < -0.4 is 4.74 Å². The van der Waals surface area contributed by atoms with Gasteiger partial charge >= 0.3 is 0 Å². The van der Waals surface area contributed by atoms with Crippen molar-refractivity contribution in [2.75, 3.05) is 19.6 Å². The molecule has 4 heteroatoms. The molecule has 168 valence electrons. The topological polar surface area (TPSA) is 45.9 Å². The van der Waals surface area contributed by atoms with E-state index >= 15 is 0 Å². The Hall–Kier alpha value is -2.25. The quantitative estimate of drug-likeness (QED) is 0.400. The molecule has 2 aromatic rings. The molecule has 3 atom stereocenters. The van der Waals surface area contributed by atoms with E-state index in [1.165, 1.54) is 4.90 Å². The summed E-state index contributed by atoms with van der Waals surface area (Å²) >= 11 is 0. The molecule has 1 aromatic carbocycles. The number of methoxy groups -OCH3 is 1. The number of rotatable bonds is 9. The molecule has 0 bridgehead atoms. The van der Waals surface area contributed by atoms with Crippen LogP contribution in [0.25, 0.3) is 0 Å². The first-order valence-electron chi connectivity index (χ1n) is 11.0. The monoisotopic (exact) mass is 438 g/mol. The molecule has 0 N–H and O–H groups in total. The van der Waals surface area contributed by atoms with Crippen LogP contribution in [0.5, 0.6) is 5.88 Å². The van der Waals surface area contributed by atoms with Gasteiger partial charge < -0.3 is 4.74 Å². The second kappa shape index (κ2) is 10.4. The standard InChI is InChI=1S/C27H38N2OS/c1-9-17-27(19-28,24-15-16-25(30-6)29-22(24)5)18-21(4)26(20(2)3)31(7,8)23-13-11-10-12-14-23/h9-17,20-21,26H,18H2,1-8H3/b17-9+/t21?,26-,27+/m1/s1. The van der Waals surface area contributed by atoms with Gasteiger partial charge in [-0.05, 0) is 66.4 Å². The van der Waals surface area contributed by atoms with Crippen LogP contribution in [0.15, 0.2) is 59.5 Å². The average Bonchev–Trinajstić information content (AvgIpc) is 2.73. The predicted molar refractivity (Wildman–Crippen MR) is 134 cm³/mol. The highest BCUT2D eigenvalue weighted by molar-refractivity contribution is 8.33. The first kappa shape index (κ1) is 25.0. The molecule has 0 aliphatic rings. The highest BCUT2D eigenvalue weighted by Crippen LogP contribution is 2.59. The van der Waals surface area contributed by atoms with Crippen LogP contribution in [0.2, 0.25) is 0 Å². The first-order chi connectivity index (χ1) is 14.6. The number of allylic oxidation sites excluding steroid dienone is 2. The van der Waals surface area contributed by atoms with Gasteiger partial charge in [0.15, 0.2) is 0 Å². The van der Waals surface area contributed by atoms with Crippen molar-refractivity contribution >= 4 is 10.0 Å². The minimum atomic E-state index is -1.07. The molecule has 0 fully saturated rings. The zero-order valence-corrected chi connectivity index (χ0v) is 21.2. The molecular formula is C27H38N2OS. The van der Waals surface area contributed by atoms with Gasteiger partial charge in [-0.3, -0.25) is 0 Å². The number of hydrogen-bond acceptors (Lipinski definition) is 3. The van der Waals surface area contributed by atoms with Gasteiger partial charge in [0.25, 0.3) is 0 Å². The third kappa shape index (κ3) is 5.33. The van der Waals surface area contributed by atoms with Crippen molar-refractivity contribution in [3.05, 3.63) is 65.9 Å². The first-order valence-corrected chi connectivity index (χ1v) is 13.5. The van der Waals surface area contributed by atoms with Gasteiger partial charge in [-0.1, -0.05) is 63.3 Å². The fourth-order valence-corrected chi connectivity index (χ4v) is 9.08. The summed E-state index contributed by atoms with van der Waals surface area (Å²) < 4.78 is 5.29. The van der Waals surface area contributed by atoms with Gasteiger partial charge in [0.05, 0.1) is 13.2 Å². The molecule has 1 aromatic heterocycles. The molecule has 0 saturated heterocycles. The van der Waals surface area contributed by atoms with Crippen molar-refractivity contribution in [2.24, 2.45) is 11.8 Å². The number of hydrogen-bond donors (Lipinski definition) is 0. The summed E-state index contributed by atoms with van der Waals surface area (Å²) in [5, 5.41) is 10.9. The molecule has 0 saturated carbocycles. The number of pyridine rings is 1. The van der Waals surface area contributed by atoms with Crippen molar-refractivity contribution in [1.29, 1.82) is 5.26 Å². The molecular weight excluding hydrogens is 400 g/mol. The molecule has 0 radical (unpaired) electrons. The van der Waals surface area contributed by atoms with Crippen molar-refractivity contribution in [3.8, 4) is 11.9 Å². The maximum Gasteiger partial charge on any atom is 0.213 e. The van der Waals surface area contributed by atoms with Crippen molar-refractivity contribution < 1.29 is 4.74 Å². The van der Waals surface area contributed by atoms with E-state index in [1.807, 2.05) is 32.1 Å². The Kier molecular flexibility index (Phi) is 8.37. The van der Waals surface area contributed by atoms with Gasteiger partial charge in [0, 0.05) is 11.8 Å². The fraction of sp³-hybridized carbons (Fsp3) is 0.481. The van der Waals surface area contributed by atoms with E-state index in [2.05, 4.69) is 80.7 Å². The SMILES string of the molecule is C/C=C/[C@@](C#N)(CC(C)[C@@H](C(C)C)S(C)(C)c1ccccc1)c1ccc(OC)nc1C. The minimum absolute atomic E-state index is 0.350. The lowest BCUT2D eigenvalue weighted by molar-refractivity contribution is 0.380. The van der Waals surface area contributed by atoms with Gasteiger partial charge in [-0.15, -0.1) is 0 Å². The molecule has 1 heterocycles. The summed E-state index contributed by atoms with van der Waals surface area (Å²) in [6.07, 6.45) is 9.66. The lowest BCUT2D eigenvalue weighted by Crippen LogP contribution is -2.35. The largest absolute Gasteiger partial charge is 0.481 e. The second-order valence-corrected chi connectivity index (χ2v) is 13.0. The summed E-state index contributed by atoms with van der Waals surface area (Å²) in [4.78, 5) is 6.00. The second-order valence-electron chi connectivity index (χ2n) is 9.18. The summed E-state index contributed by atoms with van der Waals surface area (Å²) in [6, 6.07) is 17.4. The van der Waals surface area contributed by atoms with E-state index in [4.69, 9.17) is 4.74 Å². The number of benzene rings is 1. The van der Waals surface area contributed by atoms with Gasteiger partial charge in [0.1, 0.15) is 5.41 Å². The predicted octanol–water partition coefficient (Wildman–Crippen LogP) is 6.91. The maximum atomic E-state index is 10.4. The number of nitrogens with zero attached hydrogens (tertiary/aromatic N) is 2. The molecule has 0 aliphatic carbocycles. The number of nitriles is 1. The molecule has 0 spiro atoms. The molecule has 3 nitrogen and oxygen atoms in total. The molecule has 31 heavy (non-hydrogen) atoms. The van der Waals surface area contributed by atoms with Crippen LogP contribution in [-0.2, 0) is 5.41 Å². The zero-order chi connectivity index (χ0) is 23.2. The van der Waals surface area contributed by atoms with Crippen molar-refractivity contribution in [2.45, 2.75) is 56.6 Å². The molecule has 0 aliphatic heterocycles. The Labute approximate surface area is 190 Å². The number of aryl methyl sites for hydroxylation is 1. The summed E-state index contributed by atoms with van der Waals surface area (Å²) in [7, 11) is 0.553. The highest BCUT2D eigenvalue weighted by atomic mass is 32.3. The number of aromatic nitrogens is 1. The van der Waals surface area contributed by atoms with Gasteiger partial charge in [0.2, 0.25) is 5.88 Å². The molecule has 1 unspecified atom stereocenters. The van der Waals surface area contributed by atoms with Crippen LogP contribution in [0.3, 0.4) is 0 Å². The van der Waals surface area contributed by atoms with Gasteiger partial charge in [-0.25, -0.2) is 15.0 Å². The van der Waals surface area contributed by atoms with Gasteiger partial charge in [-0.2, -0.15) is 5.26 Å². The average molecular weight is 439 g/mol. The fourth-order valence-electron chi connectivity index (χ4n) is 5.29. The summed E-state index contributed by atoms with van der Waals surface area (Å²) in [6.45, 7) is 10.9. The van der Waals surface area contributed by atoms with E-state index in [-0.39, 0.29) is 0 Å². The van der Waals surface area contributed by atoms with Crippen molar-refractivity contribution in [3.63, 3.8) is 0 Å². The Bertz CT molecular complexity index is 930. The van der Waals surface area contributed by atoms with Crippen LogP contribution >= 0.6 is 10.0 Å². The van der Waals surface area contributed by atoms with E-state index in [0.29, 0.717) is 23.0 Å². The normalized spacial score (nSPS) is 16.5. The van der Waals surface area contributed by atoms with E-state index < -0.39 is 15.4 Å². The smallest absolute Gasteiger partial charge is 0.213 e. The third-order valence-corrected chi connectivity index (χ3v) is 10.2. The Morgan fingerprint density at radius 2 is 1.77 bits per heavy atom. The molecule has 2 rings (SSSR count). The minimum Gasteiger partial charge on any atom is -0.481 e. The maximum absolute atomic E-state index is 10.4. The van der Waals surface area contributed by atoms with Crippen LogP contribution in [0.1, 0.15) is 45.4 Å². The number of ether oxygens (including phenoxy) is 1. The Morgan fingerprint density at radius 3 is 2.26 bits per heavy atom. The third-order valence-electron chi connectivity index (χ3n) is 6.29. The Balaban J connectivity index is 2.52. The summed E-state index contributed by atoms with van der Waals surface area (Å²) in [5.74, 6) is 1.44. The van der Waals surface area contributed by atoms with Crippen LogP contribution in [0.4, 0.5) is 0 Å². The zero-order valence-electron chi connectivity index (χ0n) is 20.3. The van der Waals surface area contributed by atoms with Crippen LogP contribution in [0, 0.1) is 30.1 Å². The highest BCUT2D eigenvalue weighted by Gasteiger charge is 2.40. The Morgan fingerprint density at radius 1 is 1.13 bits per heavy atom. The molecule has 0 amide bonds. The van der Waals surface area contributed by atoms with Crippen LogP contribution in [-0.4, -0.2) is 29.9 Å². The lowest BCUT2D eigenvalue weighted by atomic mass is 9.73.